The molecule has 4 aliphatic rings. The molecular weight excluding hydrogens is 312 g/mol. The summed E-state index contributed by atoms with van der Waals surface area (Å²) in [5.74, 6) is 0.634. The van der Waals surface area contributed by atoms with Gasteiger partial charge in [0.15, 0.2) is 0 Å². The van der Waals surface area contributed by atoms with Gasteiger partial charge in [-0.25, -0.2) is 0 Å². The third-order valence-corrected chi connectivity index (χ3v) is 6.92. The van der Waals surface area contributed by atoms with Gasteiger partial charge in [0.25, 0.3) is 0 Å². The Hall–Kier alpha value is -1.39. The minimum absolute atomic E-state index is 0.234. The van der Waals surface area contributed by atoms with Crippen molar-refractivity contribution in [3.05, 3.63) is 29.8 Å². The number of carbonyl (C=O) groups excluding carboxylic acids is 1. The normalized spacial score (nSPS) is 30.6. The van der Waals surface area contributed by atoms with Gasteiger partial charge in [-0.3, -0.25) is 9.69 Å². The number of para-hydroxylation sites is 1. The van der Waals surface area contributed by atoms with E-state index in [-0.39, 0.29) is 11.3 Å². The zero-order valence-electron chi connectivity index (χ0n) is 15.0. The number of carbonyl (C=O) groups is 1. The highest BCUT2D eigenvalue weighted by Crippen LogP contribution is 2.44. The van der Waals surface area contributed by atoms with Gasteiger partial charge in [0.1, 0.15) is 0 Å². The lowest BCUT2D eigenvalue weighted by Crippen LogP contribution is -2.52. The van der Waals surface area contributed by atoms with Crippen LogP contribution < -0.4 is 4.90 Å². The molecule has 134 valence electrons. The van der Waals surface area contributed by atoms with Gasteiger partial charge in [0.2, 0.25) is 5.91 Å². The van der Waals surface area contributed by atoms with Crippen LogP contribution in [0.15, 0.2) is 24.3 Å². The van der Waals surface area contributed by atoms with E-state index >= 15 is 0 Å². The first-order valence-electron chi connectivity index (χ1n) is 9.95. The summed E-state index contributed by atoms with van der Waals surface area (Å²) in [4.78, 5) is 18.0. The summed E-state index contributed by atoms with van der Waals surface area (Å²) in [6.45, 7) is 4.95. The van der Waals surface area contributed by atoms with Crippen molar-refractivity contribution in [3.8, 4) is 0 Å². The van der Waals surface area contributed by atoms with Crippen molar-refractivity contribution in [3.63, 3.8) is 0 Å². The molecule has 1 saturated carbocycles. The lowest BCUT2D eigenvalue weighted by molar-refractivity contribution is -0.122. The first-order chi connectivity index (χ1) is 12.2. The Morgan fingerprint density at radius 3 is 2.68 bits per heavy atom. The van der Waals surface area contributed by atoms with E-state index in [0.717, 1.165) is 52.1 Å². The summed E-state index contributed by atoms with van der Waals surface area (Å²) in [6.07, 6.45) is 6.90. The fraction of sp³-hybridized carbons (Fsp3) is 0.667. The SMILES string of the molecule is O=C(C1CCCC1)N1CC2(CCN(C3COC3)C2)Cc2ccccc21. The first kappa shape index (κ1) is 15.8. The van der Waals surface area contributed by atoms with Crippen LogP contribution in [0.4, 0.5) is 5.69 Å². The molecule has 0 radical (unpaired) electrons. The van der Waals surface area contributed by atoms with Crippen LogP contribution in [-0.4, -0.2) is 49.7 Å². The lowest BCUT2D eigenvalue weighted by Gasteiger charge is -2.43. The number of likely N-dealkylation sites (tertiary alicyclic amines) is 1. The van der Waals surface area contributed by atoms with Gasteiger partial charge < -0.3 is 9.64 Å². The van der Waals surface area contributed by atoms with E-state index in [2.05, 4.69) is 34.1 Å². The molecule has 0 aromatic heterocycles. The van der Waals surface area contributed by atoms with E-state index in [9.17, 15) is 4.79 Å². The second-order valence-electron chi connectivity index (χ2n) is 8.62. The van der Waals surface area contributed by atoms with Crippen LogP contribution in [0.1, 0.15) is 37.7 Å². The molecule has 1 amide bonds. The molecule has 5 rings (SSSR count). The molecule has 1 aliphatic carbocycles. The summed E-state index contributed by atoms with van der Waals surface area (Å²) in [5.41, 5.74) is 2.78. The predicted octanol–water partition coefficient (Wildman–Crippen LogP) is 2.86. The molecule has 1 spiro atoms. The monoisotopic (exact) mass is 340 g/mol. The number of hydrogen-bond acceptors (Lipinski definition) is 3. The molecule has 3 heterocycles. The maximum absolute atomic E-state index is 13.3. The van der Waals surface area contributed by atoms with Crippen LogP contribution in [-0.2, 0) is 16.0 Å². The Kier molecular flexibility index (Phi) is 3.86. The van der Waals surface area contributed by atoms with Crippen molar-refractivity contribution in [1.29, 1.82) is 0 Å². The van der Waals surface area contributed by atoms with E-state index in [1.54, 1.807) is 0 Å². The highest BCUT2D eigenvalue weighted by molar-refractivity contribution is 5.96. The maximum atomic E-state index is 13.3. The van der Waals surface area contributed by atoms with Crippen molar-refractivity contribution >= 4 is 11.6 Å². The van der Waals surface area contributed by atoms with Crippen molar-refractivity contribution in [2.75, 3.05) is 37.7 Å². The molecule has 1 unspecified atom stereocenters. The molecule has 0 N–H and O–H groups in total. The molecule has 1 aromatic rings. The molecular formula is C21H28N2O2. The molecule has 0 bridgehead atoms. The highest BCUT2D eigenvalue weighted by Gasteiger charge is 2.47. The molecule has 1 aromatic carbocycles. The number of nitrogens with zero attached hydrogens (tertiary/aromatic N) is 2. The average molecular weight is 340 g/mol. The smallest absolute Gasteiger partial charge is 0.230 e. The van der Waals surface area contributed by atoms with Crippen LogP contribution in [0.3, 0.4) is 0 Å². The van der Waals surface area contributed by atoms with Gasteiger partial charge >= 0.3 is 0 Å². The third-order valence-electron chi connectivity index (χ3n) is 6.92. The van der Waals surface area contributed by atoms with E-state index < -0.39 is 0 Å². The van der Waals surface area contributed by atoms with E-state index in [1.807, 2.05) is 0 Å². The van der Waals surface area contributed by atoms with Gasteiger partial charge in [0, 0.05) is 30.1 Å². The summed E-state index contributed by atoms with van der Waals surface area (Å²) < 4.78 is 5.40. The van der Waals surface area contributed by atoms with Crippen LogP contribution in [0.2, 0.25) is 0 Å². The quantitative estimate of drug-likeness (QED) is 0.830. The maximum Gasteiger partial charge on any atom is 0.230 e. The molecule has 1 atom stereocenters. The predicted molar refractivity (Wildman–Crippen MR) is 97.7 cm³/mol. The summed E-state index contributed by atoms with van der Waals surface area (Å²) in [6, 6.07) is 9.21. The largest absolute Gasteiger partial charge is 0.378 e. The topological polar surface area (TPSA) is 32.8 Å². The van der Waals surface area contributed by atoms with Crippen LogP contribution in [0.5, 0.6) is 0 Å². The molecule has 25 heavy (non-hydrogen) atoms. The minimum Gasteiger partial charge on any atom is -0.378 e. The second-order valence-corrected chi connectivity index (χ2v) is 8.62. The fourth-order valence-corrected chi connectivity index (χ4v) is 5.38. The van der Waals surface area contributed by atoms with Crippen molar-refractivity contribution in [1.82, 2.24) is 4.90 Å². The summed E-state index contributed by atoms with van der Waals surface area (Å²) >= 11 is 0. The average Bonchev–Trinajstić information content (AvgIpc) is 3.23. The molecule has 3 fully saturated rings. The number of fused-ring (bicyclic) bond motifs is 1. The Morgan fingerprint density at radius 2 is 1.92 bits per heavy atom. The summed E-state index contributed by atoms with van der Waals surface area (Å²) in [7, 11) is 0. The standard InChI is InChI=1S/C21H28N2O2/c24-20(16-5-1-2-6-16)23-15-21(11-17-7-3-4-8-19(17)23)9-10-22(14-21)18-12-25-13-18/h3-4,7-8,16,18H,1-2,5-6,9-15H2. The Balaban J connectivity index is 1.43. The highest BCUT2D eigenvalue weighted by atomic mass is 16.5. The zero-order valence-corrected chi connectivity index (χ0v) is 15.0. The van der Waals surface area contributed by atoms with Gasteiger partial charge in [0.05, 0.1) is 19.3 Å². The lowest BCUT2D eigenvalue weighted by atomic mass is 9.76. The zero-order chi connectivity index (χ0) is 16.9. The van der Waals surface area contributed by atoms with E-state index in [0.29, 0.717) is 11.9 Å². The number of benzene rings is 1. The number of amides is 1. The van der Waals surface area contributed by atoms with Crippen molar-refractivity contribution in [2.24, 2.45) is 11.3 Å². The Labute approximate surface area is 150 Å². The number of rotatable bonds is 2. The van der Waals surface area contributed by atoms with Gasteiger partial charge in [-0.15, -0.1) is 0 Å². The van der Waals surface area contributed by atoms with Crippen LogP contribution >= 0.6 is 0 Å². The Morgan fingerprint density at radius 1 is 1.12 bits per heavy atom. The number of hydrogen-bond donors (Lipinski definition) is 0. The van der Waals surface area contributed by atoms with E-state index in [1.165, 1.54) is 30.5 Å². The van der Waals surface area contributed by atoms with Crippen LogP contribution in [0.25, 0.3) is 0 Å². The number of anilines is 1. The first-order valence-corrected chi connectivity index (χ1v) is 9.95. The Bertz CT molecular complexity index is 666. The molecule has 4 nitrogen and oxygen atoms in total. The molecule has 3 aliphatic heterocycles. The van der Waals surface area contributed by atoms with Gasteiger partial charge in [-0.05, 0) is 43.9 Å². The van der Waals surface area contributed by atoms with E-state index in [4.69, 9.17) is 4.74 Å². The van der Waals surface area contributed by atoms with Crippen LogP contribution in [0, 0.1) is 11.3 Å². The van der Waals surface area contributed by atoms with Gasteiger partial charge in [-0.1, -0.05) is 31.0 Å². The molecule has 2 saturated heterocycles. The fourth-order valence-electron chi connectivity index (χ4n) is 5.38. The van der Waals surface area contributed by atoms with Crippen molar-refractivity contribution < 1.29 is 9.53 Å². The summed E-state index contributed by atoms with van der Waals surface area (Å²) in [5, 5.41) is 0. The second kappa shape index (κ2) is 6.10. The van der Waals surface area contributed by atoms with Crippen molar-refractivity contribution in [2.45, 2.75) is 44.6 Å². The minimum atomic E-state index is 0.234. The van der Waals surface area contributed by atoms with Gasteiger partial charge in [-0.2, -0.15) is 0 Å². The number of ether oxygens (including phenoxy) is 1. The molecule has 4 heteroatoms. The third kappa shape index (κ3) is 2.70.